The highest BCUT2D eigenvalue weighted by Crippen LogP contribution is 2.23. The van der Waals surface area contributed by atoms with Gasteiger partial charge in [-0.15, -0.1) is 0 Å². The Morgan fingerprint density at radius 1 is 0.395 bits per heavy atom. The Kier molecular flexibility index (Phi) is 17.9. The van der Waals surface area contributed by atoms with Crippen molar-refractivity contribution in [3.05, 3.63) is 69.8 Å². The molecular weight excluding hydrogens is 456 g/mol. The van der Waals surface area contributed by atoms with Crippen molar-refractivity contribution < 1.29 is 0 Å². The van der Waals surface area contributed by atoms with Gasteiger partial charge < -0.3 is 0 Å². The molecule has 0 bridgehead atoms. The summed E-state index contributed by atoms with van der Waals surface area (Å²) < 4.78 is 0. The quantitative estimate of drug-likeness (QED) is 0.108. The van der Waals surface area contributed by atoms with Crippen molar-refractivity contribution in [1.82, 2.24) is 0 Å². The van der Waals surface area contributed by atoms with Crippen LogP contribution in [0.15, 0.2) is 36.4 Å². The van der Waals surface area contributed by atoms with E-state index in [1.54, 1.807) is 0 Å². The molecule has 2 aromatic carbocycles. The molecule has 0 aliphatic rings. The van der Waals surface area contributed by atoms with E-state index in [0.717, 1.165) is 0 Å². The van der Waals surface area contributed by atoms with E-state index in [9.17, 15) is 0 Å². The first-order valence-corrected chi connectivity index (χ1v) is 16.6. The molecule has 0 nitrogen and oxygen atoms in total. The highest BCUT2D eigenvalue weighted by molar-refractivity contribution is 5.73. The summed E-state index contributed by atoms with van der Waals surface area (Å²) in [7, 11) is 0. The number of hydrogen-bond donors (Lipinski definition) is 0. The summed E-state index contributed by atoms with van der Waals surface area (Å²) in [6.07, 6.45) is 31.0. The highest BCUT2D eigenvalue weighted by Gasteiger charge is 2.06. The van der Waals surface area contributed by atoms with Gasteiger partial charge in [0.05, 0.1) is 0 Å². The molecule has 0 radical (unpaired) electrons. The molecule has 0 aliphatic carbocycles. The van der Waals surface area contributed by atoms with Gasteiger partial charge in [-0.2, -0.15) is 0 Å². The maximum absolute atomic E-state index is 2.51. The standard InChI is InChI=1S/C38H60/c1-5-9-13-17-21-33-25-27-35(23-19-15-11-7-3)37(31-33)29-30-38-32-34(22-18-14-10-6-2)26-28-36(38)24-20-16-12-8-4/h25-32H,5-24H2,1-4H3/b30-29+. The summed E-state index contributed by atoms with van der Waals surface area (Å²) in [6, 6.07) is 14.7. The zero-order chi connectivity index (χ0) is 27.3. The van der Waals surface area contributed by atoms with Crippen LogP contribution < -0.4 is 0 Å². The van der Waals surface area contributed by atoms with E-state index in [1.807, 2.05) is 0 Å². The second-order valence-electron chi connectivity index (χ2n) is 11.6. The molecule has 0 spiro atoms. The van der Waals surface area contributed by atoms with E-state index in [1.165, 1.54) is 162 Å². The predicted octanol–water partition coefficient (Wildman–Crippen LogP) is 12.3. The zero-order valence-electron chi connectivity index (χ0n) is 25.8. The number of hydrogen-bond acceptors (Lipinski definition) is 0. The predicted molar refractivity (Wildman–Crippen MR) is 173 cm³/mol. The van der Waals surface area contributed by atoms with Crippen LogP contribution in [-0.4, -0.2) is 0 Å². The maximum atomic E-state index is 2.51. The van der Waals surface area contributed by atoms with Crippen LogP contribution in [0.5, 0.6) is 0 Å². The van der Waals surface area contributed by atoms with Crippen LogP contribution in [-0.2, 0) is 25.7 Å². The Hall–Kier alpha value is -1.82. The first-order chi connectivity index (χ1) is 18.7. The normalized spacial score (nSPS) is 11.6. The lowest BCUT2D eigenvalue weighted by Gasteiger charge is -2.12. The molecule has 0 atom stereocenters. The van der Waals surface area contributed by atoms with Crippen LogP contribution >= 0.6 is 0 Å². The van der Waals surface area contributed by atoms with Crippen LogP contribution in [0, 0.1) is 0 Å². The fourth-order valence-corrected chi connectivity index (χ4v) is 5.54. The molecular formula is C38H60. The molecule has 0 heteroatoms. The van der Waals surface area contributed by atoms with E-state index >= 15 is 0 Å². The van der Waals surface area contributed by atoms with Crippen molar-refractivity contribution in [3.63, 3.8) is 0 Å². The first-order valence-electron chi connectivity index (χ1n) is 16.6. The van der Waals surface area contributed by atoms with Crippen molar-refractivity contribution in [2.24, 2.45) is 0 Å². The van der Waals surface area contributed by atoms with E-state index in [4.69, 9.17) is 0 Å². The molecule has 0 aromatic heterocycles. The van der Waals surface area contributed by atoms with Gasteiger partial charge in [0, 0.05) is 0 Å². The Labute approximate surface area is 237 Å². The lowest BCUT2D eigenvalue weighted by atomic mass is 9.93. The van der Waals surface area contributed by atoms with E-state index in [0.29, 0.717) is 0 Å². The van der Waals surface area contributed by atoms with Crippen molar-refractivity contribution in [2.45, 2.75) is 156 Å². The summed E-state index contributed by atoms with van der Waals surface area (Å²) in [5.74, 6) is 0. The zero-order valence-corrected chi connectivity index (χ0v) is 25.8. The summed E-state index contributed by atoms with van der Waals surface area (Å²) in [5.41, 5.74) is 9.02. The summed E-state index contributed by atoms with van der Waals surface area (Å²) >= 11 is 0. The third-order valence-corrected chi connectivity index (χ3v) is 8.10. The van der Waals surface area contributed by atoms with Crippen molar-refractivity contribution in [3.8, 4) is 0 Å². The minimum atomic E-state index is 1.21. The molecule has 38 heavy (non-hydrogen) atoms. The van der Waals surface area contributed by atoms with Crippen LogP contribution in [0.1, 0.15) is 164 Å². The fraction of sp³-hybridized carbons (Fsp3) is 0.632. The molecule has 0 amide bonds. The molecule has 0 N–H and O–H groups in total. The lowest BCUT2D eigenvalue weighted by molar-refractivity contribution is 0.663. The maximum Gasteiger partial charge on any atom is -0.0222 e. The lowest BCUT2D eigenvalue weighted by Crippen LogP contribution is -1.96. The van der Waals surface area contributed by atoms with Gasteiger partial charge in [-0.3, -0.25) is 0 Å². The molecule has 0 saturated heterocycles. The fourth-order valence-electron chi connectivity index (χ4n) is 5.54. The van der Waals surface area contributed by atoms with Crippen LogP contribution in [0.4, 0.5) is 0 Å². The Bertz CT molecular complexity index is 813. The minimum Gasteiger partial charge on any atom is -0.0654 e. The average Bonchev–Trinajstić information content (AvgIpc) is 2.94. The smallest absolute Gasteiger partial charge is 0.0222 e. The second kappa shape index (κ2) is 21.1. The van der Waals surface area contributed by atoms with E-state index in [2.05, 4.69) is 76.2 Å². The monoisotopic (exact) mass is 516 g/mol. The molecule has 2 rings (SSSR count). The molecule has 0 fully saturated rings. The topological polar surface area (TPSA) is 0 Å². The Morgan fingerprint density at radius 3 is 1.08 bits per heavy atom. The van der Waals surface area contributed by atoms with E-state index < -0.39 is 0 Å². The molecule has 212 valence electrons. The van der Waals surface area contributed by atoms with Gasteiger partial charge in [-0.25, -0.2) is 0 Å². The van der Waals surface area contributed by atoms with Gasteiger partial charge in [-0.05, 0) is 84.7 Å². The van der Waals surface area contributed by atoms with Crippen LogP contribution in [0.2, 0.25) is 0 Å². The molecule has 2 aromatic rings. The van der Waals surface area contributed by atoms with Crippen LogP contribution in [0.25, 0.3) is 12.2 Å². The average molecular weight is 517 g/mol. The van der Waals surface area contributed by atoms with Crippen LogP contribution in [0.3, 0.4) is 0 Å². The number of unbranched alkanes of at least 4 members (excludes halogenated alkanes) is 12. The Balaban J connectivity index is 2.25. The second-order valence-corrected chi connectivity index (χ2v) is 11.6. The van der Waals surface area contributed by atoms with Gasteiger partial charge in [0.2, 0.25) is 0 Å². The summed E-state index contributed by atoms with van der Waals surface area (Å²) in [6.45, 7) is 9.21. The van der Waals surface area contributed by atoms with Crippen molar-refractivity contribution >= 4 is 12.2 Å². The van der Waals surface area contributed by atoms with Gasteiger partial charge >= 0.3 is 0 Å². The van der Waals surface area contributed by atoms with Crippen molar-refractivity contribution in [2.75, 3.05) is 0 Å². The first kappa shape index (κ1) is 32.4. The van der Waals surface area contributed by atoms with Crippen molar-refractivity contribution in [1.29, 1.82) is 0 Å². The molecule has 0 saturated carbocycles. The summed E-state index contributed by atoms with van der Waals surface area (Å²) in [5, 5.41) is 0. The number of benzene rings is 2. The highest BCUT2D eigenvalue weighted by atomic mass is 14.1. The van der Waals surface area contributed by atoms with Gasteiger partial charge in [0.1, 0.15) is 0 Å². The Morgan fingerprint density at radius 2 is 0.737 bits per heavy atom. The third kappa shape index (κ3) is 13.3. The van der Waals surface area contributed by atoms with Gasteiger partial charge in [0.15, 0.2) is 0 Å². The molecule has 0 aliphatic heterocycles. The SMILES string of the molecule is CCCCCCc1ccc(CCCCCC)c(/C=C/c2cc(CCCCCC)ccc2CCCCCC)c1. The number of rotatable bonds is 22. The van der Waals surface area contributed by atoms with Gasteiger partial charge in [-0.1, -0.05) is 153 Å². The summed E-state index contributed by atoms with van der Waals surface area (Å²) in [4.78, 5) is 0. The minimum absolute atomic E-state index is 1.21. The largest absolute Gasteiger partial charge is 0.0654 e. The van der Waals surface area contributed by atoms with E-state index in [-0.39, 0.29) is 0 Å². The van der Waals surface area contributed by atoms with Gasteiger partial charge in [0.25, 0.3) is 0 Å². The number of aryl methyl sites for hydroxylation is 4. The third-order valence-electron chi connectivity index (χ3n) is 8.10. The molecule has 0 heterocycles. The molecule has 0 unspecified atom stereocenters.